The molecule has 0 radical (unpaired) electrons. The number of carbonyl (C=O) groups is 1. The summed E-state index contributed by atoms with van der Waals surface area (Å²) in [5, 5.41) is 8.84. The summed E-state index contributed by atoms with van der Waals surface area (Å²) in [6, 6.07) is 3.52. The fourth-order valence-electron chi connectivity index (χ4n) is 1.83. The molecule has 7 heteroatoms. The molecule has 1 atom stereocenters. The van der Waals surface area contributed by atoms with Gasteiger partial charge in [0.25, 0.3) is 5.91 Å². The van der Waals surface area contributed by atoms with Gasteiger partial charge in [-0.05, 0) is 6.07 Å². The first-order chi connectivity index (χ1) is 8.61. The summed E-state index contributed by atoms with van der Waals surface area (Å²) in [4.78, 5) is 17.3. The van der Waals surface area contributed by atoms with Gasteiger partial charge >= 0.3 is 0 Å². The number of nitrogens with zero attached hydrogens (tertiary/aromatic N) is 3. The molecule has 1 aliphatic heterocycles. The Morgan fingerprint density at radius 1 is 1.67 bits per heavy atom. The highest BCUT2D eigenvalue weighted by atomic mass is 16.5. The van der Waals surface area contributed by atoms with Crippen molar-refractivity contribution < 1.29 is 9.53 Å². The molecule has 0 aromatic carbocycles. The van der Waals surface area contributed by atoms with Gasteiger partial charge in [-0.2, -0.15) is 5.26 Å². The standard InChI is InChI=1S/C11H13N5O2/c12-4-8-6-16(1-2-18-8)11-9(10(14)17)3-7(13)5-15-11/h3,5,8H,1-2,6,13H2,(H2,14,17). The number of ether oxygens (including phenoxy) is 1. The van der Waals surface area contributed by atoms with Crippen molar-refractivity contribution in [3.8, 4) is 6.07 Å². The van der Waals surface area contributed by atoms with E-state index in [4.69, 9.17) is 21.5 Å². The molecule has 1 aromatic heterocycles. The van der Waals surface area contributed by atoms with Crippen LogP contribution in [0.3, 0.4) is 0 Å². The molecule has 1 fully saturated rings. The second-order valence-corrected chi connectivity index (χ2v) is 3.94. The van der Waals surface area contributed by atoms with Crippen LogP contribution in [0.25, 0.3) is 0 Å². The molecular formula is C11H13N5O2. The van der Waals surface area contributed by atoms with E-state index in [0.29, 0.717) is 31.2 Å². The van der Waals surface area contributed by atoms with Gasteiger partial charge in [-0.15, -0.1) is 0 Å². The molecule has 94 valence electrons. The van der Waals surface area contributed by atoms with Crippen LogP contribution >= 0.6 is 0 Å². The van der Waals surface area contributed by atoms with Gasteiger partial charge in [0.15, 0.2) is 6.10 Å². The van der Waals surface area contributed by atoms with Crippen LogP contribution in [0.1, 0.15) is 10.4 Å². The monoisotopic (exact) mass is 247 g/mol. The molecule has 1 unspecified atom stereocenters. The molecule has 0 spiro atoms. The molecule has 1 amide bonds. The number of amides is 1. The number of nitrogens with two attached hydrogens (primary N) is 2. The van der Waals surface area contributed by atoms with E-state index in [1.165, 1.54) is 12.3 Å². The number of hydrogen-bond donors (Lipinski definition) is 2. The van der Waals surface area contributed by atoms with E-state index >= 15 is 0 Å². The predicted molar refractivity (Wildman–Crippen MR) is 64.7 cm³/mol. The van der Waals surface area contributed by atoms with E-state index in [2.05, 4.69) is 4.98 Å². The molecule has 18 heavy (non-hydrogen) atoms. The number of morpholine rings is 1. The fourth-order valence-corrected chi connectivity index (χ4v) is 1.83. The summed E-state index contributed by atoms with van der Waals surface area (Å²) in [6.07, 6.45) is 0.928. The van der Waals surface area contributed by atoms with Crippen LogP contribution in [0, 0.1) is 11.3 Å². The number of aromatic nitrogens is 1. The van der Waals surface area contributed by atoms with E-state index in [9.17, 15) is 4.79 Å². The quantitative estimate of drug-likeness (QED) is 0.726. The number of carbonyl (C=O) groups excluding carboxylic acids is 1. The second-order valence-electron chi connectivity index (χ2n) is 3.94. The van der Waals surface area contributed by atoms with Gasteiger partial charge in [-0.3, -0.25) is 4.79 Å². The minimum Gasteiger partial charge on any atom is -0.397 e. The van der Waals surface area contributed by atoms with Gasteiger partial charge < -0.3 is 21.1 Å². The summed E-state index contributed by atoms with van der Waals surface area (Å²) >= 11 is 0. The smallest absolute Gasteiger partial charge is 0.252 e. The Morgan fingerprint density at radius 3 is 3.11 bits per heavy atom. The van der Waals surface area contributed by atoms with Gasteiger partial charge in [-0.1, -0.05) is 0 Å². The highest BCUT2D eigenvalue weighted by Crippen LogP contribution is 2.21. The molecule has 0 bridgehead atoms. The average Bonchev–Trinajstić information content (AvgIpc) is 2.38. The molecule has 7 nitrogen and oxygen atoms in total. The van der Waals surface area contributed by atoms with E-state index < -0.39 is 12.0 Å². The van der Waals surface area contributed by atoms with Crippen molar-refractivity contribution in [2.24, 2.45) is 5.73 Å². The maximum absolute atomic E-state index is 11.4. The lowest BCUT2D eigenvalue weighted by Gasteiger charge is -2.31. The van der Waals surface area contributed by atoms with Gasteiger partial charge in [0.05, 0.1) is 36.7 Å². The van der Waals surface area contributed by atoms with Crippen LogP contribution in [-0.2, 0) is 4.74 Å². The van der Waals surface area contributed by atoms with E-state index in [1.807, 2.05) is 6.07 Å². The summed E-state index contributed by atoms with van der Waals surface area (Å²) in [5.74, 6) is -0.148. The van der Waals surface area contributed by atoms with Crippen molar-refractivity contribution in [2.45, 2.75) is 6.10 Å². The van der Waals surface area contributed by atoms with Crippen molar-refractivity contribution in [3.63, 3.8) is 0 Å². The lowest BCUT2D eigenvalue weighted by atomic mass is 10.2. The first kappa shape index (κ1) is 12.1. The lowest BCUT2D eigenvalue weighted by Crippen LogP contribution is -2.43. The zero-order valence-corrected chi connectivity index (χ0v) is 9.67. The zero-order valence-electron chi connectivity index (χ0n) is 9.67. The van der Waals surface area contributed by atoms with E-state index in [1.54, 1.807) is 4.90 Å². The number of hydrogen-bond acceptors (Lipinski definition) is 6. The van der Waals surface area contributed by atoms with Crippen molar-refractivity contribution >= 4 is 17.4 Å². The third kappa shape index (κ3) is 2.33. The largest absolute Gasteiger partial charge is 0.397 e. The minimum absolute atomic E-state index is 0.258. The van der Waals surface area contributed by atoms with Crippen molar-refractivity contribution in [2.75, 3.05) is 30.3 Å². The summed E-state index contributed by atoms with van der Waals surface area (Å²) in [7, 11) is 0. The van der Waals surface area contributed by atoms with E-state index in [-0.39, 0.29) is 5.56 Å². The number of pyridine rings is 1. The van der Waals surface area contributed by atoms with Gasteiger partial charge in [0.1, 0.15) is 5.82 Å². The minimum atomic E-state index is -0.593. The molecule has 4 N–H and O–H groups in total. The molecule has 0 aliphatic carbocycles. The highest BCUT2D eigenvalue weighted by molar-refractivity contribution is 5.98. The molecule has 1 aliphatic rings. The molecule has 1 saturated heterocycles. The first-order valence-electron chi connectivity index (χ1n) is 5.43. The summed E-state index contributed by atoms with van der Waals surface area (Å²) in [5.41, 5.74) is 11.5. The number of rotatable bonds is 2. The van der Waals surface area contributed by atoms with Crippen molar-refractivity contribution in [1.29, 1.82) is 5.26 Å². The highest BCUT2D eigenvalue weighted by Gasteiger charge is 2.24. The number of nitriles is 1. The normalized spacial score (nSPS) is 19.3. The molecule has 0 saturated carbocycles. The van der Waals surface area contributed by atoms with E-state index in [0.717, 1.165) is 0 Å². The molecular weight excluding hydrogens is 234 g/mol. The van der Waals surface area contributed by atoms with Crippen LogP contribution < -0.4 is 16.4 Å². The third-order valence-electron chi connectivity index (χ3n) is 2.66. The Labute approximate surface area is 104 Å². The Kier molecular flexibility index (Phi) is 3.30. The first-order valence-corrected chi connectivity index (χ1v) is 5.43. The van der Waals surface area contributed by atoms with Gasteiger partial charge in [0, 0.05) is 6.54 Å². The maximum Gasteiger partial charge on any atom is 0.252 e. The number of nitrogen functional groups attached to an aromatic ring is 1. The number of primary amides is 1. The van der Waals surface area contributed by atoms with Gasteiger partial charge in [0.2, 0.25) is 0 Å². The van der Waals surface area contributed by atoms with Crippen LogP contribution in [0.2, 0.25) is 0 Å². The summed E-state index contributed by atoms with van der Waals surface area (Å²) < 4.78 is 5.23. The Balaban J connectivity index is 2.33. The molecule has 1 aromatic rings. The second kappa shape index (κ2) is 4.89. The maximum atomic E-state index is 11.4. The van der Waals surface area contributed by atoms with Crippen LogP contribution in [0.15, 0.2) is 12.3 Å². The van der Waals surface area contributed by atoms with Crippen LogP contribution in [0.4, 0.5) is 11.5 Å². The fraction of sp³-hybridized carbons (Fsp3) is 0.364. The molecule has 2 rings (SSSR count). The Bertz CT molecular complexity index is 511. The lowest BCUT2D eigenvalue weighted by molar-refractivity contribution is 0.0759. The third-order valence-corrected chi connectivity index (χ3v) is 2.66. The predicted octanol–water partition coefficient (Wildman–Crippen LogP) is -0.509. The van der Waals surface area contributed by atoms with Crippen molar-refractivity contribution in [3.05, 3.63) is 17.8 Å². The SMILES string of the molecule is N#CC1CN(c2ncc(N)cc2C(N)=O)CCO1. The topological polar surface area (TPSA) is 118 Å². The Hall–Kier alpha value is -2.33. The number of anilines is 2. The average molecular weight is 247 g/mol. The van der Waals surface area contributed by atoms with Gasteiger partial charge in [-0.25, -0.2) is 4.98 Å². The van der Waals surface area contributed by atoms with Crippen molar-refractivity contribution in [1.82, 2.24) is 4.98 Å². The van der Waals surface area contributed by atoms with Crippen LogP contribution in [-0.4, -0.2) is 36.7 Å². The summed E-state index contributed by atoms with van der Waals surface area (Å²) in [6.45, 7) is 1.31. The zero-order chi connectivity index (χ0) is 13.1. The Morgan fingerprint density at radius 2 is 2.44 bits per heavy atom. The molecule has 2 heterocycles. The van der Waals surface area contributed by atoms with Crippen LogP contribution in [0.5, 0.6) is 0 Å².